The maximum absolute atomic E-state index is 11.7. The molecule has 0 fully saturated rings. The molecular weight excluding hydrogens is 266 g/mol. The highest BCUT2D eigenvalue weighted by molar-refractivity contribution is 7.88. The Bertz CT molecular complexity index is 357. The van der Waals surface area contributed by atoms with Gasteiger partial charge in [0.2, 0.25) is 15.9 Å². The van der Waals surface area contributed by atoms with Gasteiger partial charge in [0, 0.05) is 32.1 Å². The number of amides is 1. The summed E-state index contributed by atoms with van der Waals surface area (Å²) in [7, 11) is -3.13. The third-order valence-electron chi connectivity index (χ3n) is 2.85. The molecule has 19 heavy (non-hydrogen) atoms. The molecule has 1 amide bonds. The summed E-state index contributed by atoms with van der Waals surface area (Å²) < 4.78 is 24.1. The number of hydrogen-bond acceptors (Lipinski definition) is 4. The van der Waals surface area contributed by atoms with E-state index in [-0.39, 0.29) is 11.8 Å². The normalized spacial score (nSPS) is 13.5. The molecule has 0 rings (SSSR count). The predicted octanol–water partition coefficient (Wildman–Crippen LogP) is 0.0198. The van der Waals surface area contributed by atoms with Gasteiger partial charge < -0.3 is 10.6 Å². The Labute approximate surface area is 117 Å². The Balaban J connectivity index is 3.88. The quantitative estimate of drug-likeness (QED) is 0.557. The maximum Gasteiger partial charge on any atom is 0.224 e. The second-order valence-electron chi connectivity index (χ2n) is 4.61. The number of hydrogen-bond donors (Lipinski definition) is 2. The molecule has 0 heterocycles. The summed E-state index contributed by atoms with van der Waals surface area (Å²) in [6, 6.07) is 0. The summed E-state index contributed by atoms with van der Waals surface area (Å²) in [5.74, 6) is -0.0690. The summed E-state index contributed by atoms with van der Waals surface area (Å²) in [6.45, 7) is 8.58. The van der Waals surface area contributed by atoms with E-state index in [2.05, 4.69) is 10.6 Å². The van der Waals surface area contributed by atoms with Crippen LogP contribution in [-0.2, 0) is 14.8 Å². The van der Waals surface area contributed by atoms with Crippen LogP contribution in [0.15, 0.2) is 0 Å². The molecule has 0 bridgehead atoms. The Hall–Kier alpha value is -0.660. The van der Waals surface area contributed by atoms with E-state index in [0.29, 0.717) is 32.6 Å². The van der Waals surface area contributed by atoms with Crippen LogP contribution in [0.3, 0.4) is 0 Å². The van der Waals surface area contributed by atoms with Crippen LogP contribution in [0.1, 0.15) is 27.2 Å². The molecule has 0 aliphatic carbocycles. The number of nitrogens with one attached hydrogen (secondary N) is 2. The van der Waals surface area contributed by atoms with E-state index in [9.17, 15) is 13.2 Å². The zero-order chi connectivity index (χ0) is 14.9. The van der Waals surface area contributed by atoms with E-state index >= 15 is 0 Å². The van der Waals surface area contributed by atoms with Gasteiger partial charge >= 0.3 is 0 Å². The summed E-state index contributed by atoms with van der Waals surface area (Å²) in [5, 5.41) is 5.94. The number of rotatable bonds is 10. The maximum atomic E-state index is 11.7. The van der Waals surface area contributed by atoms with Gasteiger partial charge in [0.05, 0.1) is 6.26 Å². The summed E-state index contributed by atoms with van der Waals surface area (Å²) in [6.07, 6.45) is 1.83. The Morgan fingerprint density at radius 1 is 1.32 bits per heavy atom. The van der Waals surface area contributed by atoms with Crippen molar-refractivity contribution in [2.24, 2.45) is 5.92 Å². The molecule has 6 nitrogen and oxygen atoms in total. The van der Waals surface area contributed by atoms with Gasteiger partial charge in [-0.25, -0.2) is 12.7 Å². The largest absolute Gasteiger partial charge is 0.356 e. The zero-order valence-electron chi connectivity index (χ0n) is 12.4. The molecule has 0 aliphatic rings. The smallest absolute Gasteiger partial charge is 0.224 e. The minimum Gasteiger partial charge on any atom is -0.356 e. The summed E-state index contributed by atoms with van der Waals surface area (Å²) in [4.78, 5) is 11.7. The Kier molecular flexibility index (Phi) is 8.95. The first-order valence-corrected chi connectivity index (χ1v) is 8.61. The zero-order valence-corrected chi connectivity index (χ0v) is 13.2. The van der Waals surface area contributed by atoms with Gasteiger partial charge in [-0.2, -0.15) is 0 Å². The molecule has 2 N–H and O–H groups in total. The van der Waals surface area contributed by atoms with Crippen LogP contribution < -0.4 is 10.6 Å². The van der Waals surface area contributed by atoms with Crippen molar-refractivity contribution in [3.8, 4) is 0 Å². The van der Waals surface area contributed by atoms with E-state index in [1.54, 1.807) is 6.92 Å². The molecule has 0 saturated carbocycles. The molecule has 0 radical (unpaired) electrons. The van der Waals surface area contributed by atoms with E-state index in [0.717, 1.165) is 6.54 Å². The Morgan fingerprint density at radius 3 is 2.42 bits per heavy atom. The van der Waals surface area contributed by atoms with Crippen LogP contribution in [0.25, 0.3) is 0 Å². The monoisotopic (exact) mass is 293 g/mol. The number of nitrogens with zero attached hydrogens (tertiary/aromatic N) is 1. The summed E-state index contributed by atoms with van der Waals surface area (Å²) >= 11 is 0. The molecule has 0 aromatic heterocycles. The molecule has 0 aromatic carbocycles. The van der Waals surface area contributed by atoms with Gasteiger partial charge in [0.15, 0.2) is 0 Å². The van der Waals surface area contributed by atoms with Gasteiger partial charge in [0.1, 0.15) is 0 Å². The predicted molar refractivity (Wildman–Crippen MR) is 77.4 cm³/mol. The third-order valence-corrected chi connectivity index (χ3v) is 4.23. The SMILES string of the molecule is CCNCC(C)C(=O)NCCCN(CC)S(C)(=O)=O. The van der Waals surface area contributed by atoms with Gasteiger partial charge in [-0.05, 0) is 13.0 Å². The minimum atomic E-state index is -3.13. The molecule has 1 atom stereocenters. The lowest BCUT2D eigenvalue weighted by atomic mass is 10.1. The molecule has 0 aliphatic heterocycles. The lowest BCUT2D eigenvalue weighted by Crippen LogP contribution is -2.37. The highest BCUT2D eigenvalue weighted by atomic mass is 32.2. The molecule has 1 unspecified atom stereocenters. The van der Waals surface area contributed by atoms with Crippen LogP contribution in [0.5, 0.6) is 0 Å². The molecule has 0 spiro atoms. The minimum absolute atomic E-state index is 0.00311. The number of sulfonamides is 1. The van der Waals surface area contributed by atoms with Gasteiger partial charge in [0.25, 0.3) is 0 Å². The second kappa shape index (κ2) is 9.28. The third kappa shape index (κ3) is 8.18. The van der Waals surface area contributed by atoms with E-state index in [1.807, 2.05) is 13.8 Å². The average Bonchev–Trinajstić information content (AvgIpc) is 2.33. The standard InChI is InChI=1S/C12H27N3O3S/c1-5-13-10-11(3)12(16)14-8-7-9-15(6-2)19(4,17)18/h11,13H,5-10H2,1-4H3,(H,14,16). The van der Waals surface area contributed by atoms with Crippen LogP contribution in [-0.4, -0.2) is 57.6 Å². The number of carbonyl (C=O) groups is 1. The topological polar surface area (TPSA) is 78.5 Å². The second-order valence-corrected chi connectivity index (χ2v) is 6.59. The fraction of sp³-hybridized carbons (Fsp3) is 0.917. The van der Waals surface area contributed by atoms with Crippen molar-refractivity contribution in [3.63, 3.8) is 0 Å². The van der Waals surface area contributed by atoms with Crippen molar-refractivity contribution < 1.29 is 13.2 Å². The average molecular weight is 293 g/mol. The molecule has 0 aromatic rings. The first-order chi connectivity index (χ1) is 8.82. The van der Waals surface area contributed by atoms with Crippen molar-refractivity contribution >= 4 is 15.9 Å². The molecular formula is C12H27N3O3S. The van der Waals surface area contributed by atoms with Crippen molar-refractivity contribution in [1.29, 1.82) is 0 Å². The Morgan fingerprint density at radius 2 is 1.95 bits per heavy atom. The highest BCUT2D eigenvalue weighted by Gasteiger charge is 2.14. The fourth-order valence-corrected chi connectivity index (χ4v) is 2.58. The van der Waals surface area contributed by atoms with Crippen molar-refractivity contribution in [2.45, 2.75) is 27.2 Å². The fourth-order valence-electron chi connectivity index (χ4n) is 1.65. The molecule has 114 valence electrons. The highest BCUT2D eigenvalue weighted by Crippen LogP contribution is 1.98. The molecule has 7 heteroatoms. The first kappa shape index (κ1) is 18.3. The van der Waals surface area contributed by atoms with Crippen LogP contribution >= 0.6 is 0 Å². The van der Waals surface area contributed by atoms with Crippen molar-refractivity contribution in [3.05, 3.63) is 0 Å². The van der Waals surface area contributed by atoms with Crippen LogP contribution in [0, 0.1) is 5.92 Å². The van der Waals surface area contributed by atoms with Crippen molar-refractivity contribution in [1.82, 2.24) is 14.9 Å². The van der Waals surface area contributed by atoms with Crippen LogP contribution in [0.4, 0.5) is 0 Å². The van der Waals surface area contributed by atoms with Gasteiger partial charge in [-0.3, -0.25) is 4.79 Å². The van der Waals surface area contributed by atoms with E-state index in [1.165, 1.54) is 10.6 Å². The first-order valence-electron chi connectivity index (χ1n) is 6.76. The number of carbonyl (C=O) groups excluding carboxylic acids is 1. The van der Waals surface area contributed by atoms with Gasteiger partial charge in [-0.1, -0.05) is 20.8 Å². The van der Waals surface area contributed by atoms with Gasteiger partial charge in [-0.15, -0.1) is 0 Å². The van der Waals surface area contributed by atoms with E-state index in [4.69, 9.17) is 0 Å². The lowest BCUT2D eigenvalue weighted by Gasteiger charge is -2.18. The van der Waals surface area contributed by atoms with E-state index < -0.39 is 10.0 Å². The summed E-state index contributed by atoms with van der Waals surface area (Å²) in [5.41, 5.74) is 0. The van der Waals surface area contributed by atoms with Crippen molar-refractivity contribution in [2.75, 3.05) is 39.0 Å². The molecule has 0 saturated heterocycles. The lowest BCUT2D eigenvalue weighted by molar-refractivity contribution is -0.124. The van der Waals surface area contributed by atoms with Crippen LogP contribution in [0.2, 0.25) is 0 Å².